The van der Waals surface area contributed by atoms with E-state index in [0.717, 1.165) is 6.42 Å². The molecule has 4 heteroatoms. The quantitative estimate of drug-likeness (QED) is 0.418. The summed E-state index contributed by atoms with van der Waals surface area (Å²) in [6, 6.07) is 0. The molecule has 0 heterocycles. The molecule has 72 valence electrons. The van der Waals surface area contributed by atoms with Crippen LogP contribution in [0.3, 0.4) is 0 Å². The van der Waals surface area contributed by atoms with E-state index >= 15 is 0 Å². The SMILES string of the molecule is CC(C)(N)CC(C)(C)N=C(N)N. The standard InChI is InChI=1S/C8H20N4/c1-7(2,11)5-8(3,4)12-6(9)10/h5,11H2,1-4H3,(H4,9,10,12). The van der Waals surface area contributed by atoms with Crippen LogP contribution in [0.2, 0.25) is 0 Å². The van der Waals surface area contributed by atoms with Crippen molar-refractivity contribution in [3.05, 3.63) is 0 Å². The number of rotatable bonds is 3. The van der Waals surface area contributed by atoms with Gasteiger partial charge in [0.05, 0.1) is 5.54 Å². The number of nitrogens with two attached hydrogens (primary N) is 3. The number of hydrogen-bond acceptors (Lipinski definition) is 2. The molecule has 0 aromatic rings. The normalized spacial score (nSPS) is 12.8. The smallest absolute Gasteiger partial charge is 0.186 e. The Bertz CT molecular complexity index is 172. The average Bonchev–Trinajstić information content (AvgIpc) is 1.48. The van der Waals surface area contributed by atoms with Crippen LogP contribution in [0.4, 0.5) is 0 Å². The molecule has 0 aliphatic carbocycles. The van der Waals surface area contributed by atoms with Crippen LogP contribution >= 0.6 is 0 Å². The van der Waals surface area contributed by atoms with Gasteiger partial charge in [-0.25, -0.2) is 4.99 Å². The number of aliphatic imine (C=N–C) groups is 1. The lowest BCUT2D eigenvalue weighted by molar-refractivity contribution is 0.354. The first-order chi connectivity index (χ1) is 5.12. The van der Waals surface area contributed by atoms with Crippen LogP contribution in [0.1, 0.15) is 34.1 Å². The summed E-state index contributed by atoms with van der Waals surface area (Å²) < 4.78 is 0. The highest BCUT2D eigenvalue weighted by molar-refractivity contribution is 5.76. The molecule has 0 atom stereocenters. The van der Waals surface area contributed by atoms with Gasteiger partial charge in [0.15, 0.2) is 5.96 Å². The van der Waals surface area contributed by atoms with Gasteiger partial charge in [0.25, 0.3) is 0 Å². The van der Waals surface area contributed by atoms with Gasteiger partial charge in [-0.05, 0) is 34.1 Å². The molecular formula is C8H20N4. The Morgan fingerprint density at radius 3 is 1.83 bits per heavy atom. The molecule has 0 aromatic heterocycles. The molecule has 12 heavy (non-hydrogen) atoms. The molecule has 0 saturated carbocycles. The molecule has 0 amide bonds. The second-order valence-electron chi connectivity index (χ2n) is 4.51. The van der Waals surface area contributed by atoms with E-state index in [-0.39, 0.29) is 17.0 Å². The summed E-state index contributed by atoms with van der Waals surface area (Å²) in [5.74, 6) is 0.115. The fourth-order valence-corrected chi connectivity index (χ4v) is 1.50. The zero-order valence-electron chi connectivity index (χ0n) is 8.39. The molecule has 0 aromatic carbocycles. The van der Waals surface area contributed by atoms with Gasteiger partial charge in [0.1, 0.15) is 0 Å². The van der Waals surface area contributed by atoms with Crippen molar-refractivity contribution in [1.82, 2.24) is 0 Å². The molecule has 0 spiro atoms. The Balaban J connectivity index is 4.34. The summed E-state index contributed by atoms with van der Waals surface area (Å²) in [7, 11) is 0. The van der Waals surface area contributed by atoms with Crippen LogP contribution in [-0.4, -0.2) is 17.0 Å². The van der Waals surface area contributed by atoms with Gasteiger partial charge in [-0.2, -0.15) is 0 Å². The minimum absolute atomic E-state index is 0.115. The third-order valence-corrected chi connectivity index (χ3v) is 1.32. The molecule has 0 fully saturated rings. The van der Waals surface area contributed by atoms with Crippen molar-refractivity contribution in [2.45, 2.75) is 45.2 Å². The van der Waals surface area contributed by atoms with E-state index in [9.17, 15) is 0 Å². The van der Waals surface area contributed by atoms with E-state index in [0.29, 0.717) is 0 Å². The van der Waals surface area contributed by atoms with Crippen molar-refractivity contribution in [3.63, 3.8) is 0 Å². The Kier molecular flexibility index (Phi) is 3.10. The predicted molar refractivity (Wildman–Crippen MR) is 52.8 cm³/mol. The van der Waals surface area contributed by atoms with Crippen molar-refractivity contribution in [2.75, 3.05) is 0 Å². The van der Waals surface area contributed by atoms with Crippen molar-refractivity contribution in [1.29, 1.82) is 0 Å². The zero-order valence-corrected chi connectivity index (χ0v) is 8.39. The molecular weight excluding hydrogens is 152 g/mol. The molecule has 0 radical (unpaired) electrons. The third kappa shape index (κ3) is 5.97. The van der Waals surface area contributed by atoms with Crippen LogP contribution < -0.4 is 17.2 Å². The monoisotopic (exact) mass is 172 g/mol. The highest BCUT2D eigenvalue weighted by atomic mass is 15.0. The van der Waals surface area contributed by atoms with Crippen LogP contribution in [0, 0.1) is 0 Å². The minimum Gasteiger partial charge on any atom is -0.370 e. The second-order valence-corrected chi connectivity index (χ2v) is 4.51. The fourth-order valence-electron chi connectivity index (χ4n) is 1.50. The van der Waals surface area contributed by atoms with Crippen LogP contribution in [0.15, 0.2) is 4.99 Å². The Hall–Kier alpha value is -0.770. The van der Waals surface area contributed by atoms with Gasteiger partial charge in [-0.3, -0.25) is 0 Å². The molecule has 0 unspecified atom stereocenters. The summed E-state index contributed by atoms with van der Waals surface area (Å²) >= 11 is 0. The molecule has 4 nitrogen and oxygen atoms in total. The van der Waals surface area contributed by atoms with Crippen LogP contribution in [-0.2, 0) is 0 Å². The van der Waals surface area contributed by atoms with Crippen LogP contribution in [0.25, 0.3) is 0 Å². The number of nitrogens with zero attached hydrogens (tertiary/aromatic N) is 1. The third-order valence-electron chi connectivity index (χ3n) is 1.32. The molecule has 0 bridgehead atoms. The van der Waals surface area contributed by atoms with Gasteiger partial charge >= 0.3 is 0 Å². The summed E-state index contributed by atoms with van der Waals surface area (Å²) in [6.07, 6.45) is 0.748. The number of hydrogen-bond donors (Lipinski definition) is 3. The fraction of sp³-hybridized carbons (Fsp3) is 0.875. The summed E-state index contributed by atoms with van der Waals surface area (Å²) in [5, 5.41) is 0. The molecule has 0 rings (SSSR count). The lowest BCUT2D eigenvalue weighted by atomic mass is 9.88. The first kappa shape index (κ1) is 11.2. The molecule has 6 N–H and O–H groups in total. The predicted octanol–water partition coefficient (Wildman–Crippen LogP) is 0.166. The maximum absolute atomic E-state index is 5.85. The van der Waals surface area contributed by atoms with Gasteiger partial charge in [0.2, 0.25) is 0 Å². The van der Waals surface area contributed by atoms with Gasteiger partial charge in [-0.1, -0.05) is 0 Å². The Morgan fingerprint density at radius 2 is 1.58 bits per heavy atom. The second kappa shape index (κ2) is 3.31. The van der Waals surface area contributed by atoms with Gasteiger partial charge in [0, 0.05) is 5.54 Å². The van der Waals surface area contributed by atoms with Gasteiger partial charge < -0.3 is 17.2 Å². The highest BCUT2D eigenvalue weighted by Crippen LogP contribution is 2.21. The zero-order chi connectivity index (χ0) is 9.99. The molecule has 0 aliphatic heterocycles. The van der Waals surface area contributed by atoms with Crippen molar-refractivity contribution in [2.24, 2.45) is 22.2 Å². The Morgan fingerprint density at radius 1 is 1.17 bits per heavy atom. The van der Waals surface area contributed by atoms with E-state index in [1.165, 1.54) is 0 Å². The van der Waals surface area contributed by atoms with Gasteiger partial charge in [-0.15, -0.1) is 0 Å². The van der Waals surface area contributed by atoms with Crippen LogP contribution in [0.5, 0.6) is 0 Å². The average molecular weight is 172 g/mol. The van der Waals surface area contributed by atoms with E-state index in [2.05, 4.69) is 4.99 Å². The number of guanidine groups is 1. The van der Waals surface area contributed by atoms with E-state index in [4.69, 9.17) is 17.2 Å². The lowest BCUT2D eigenvalue weighted by Crippen LogP contribution is -2.41. The van der Waals surface area contributed by atoms with Crippen molar-refractivity contribution >= 4 is 5.96 Å². The lowest BCUT2D eigenvalue weighted by Gasteiger charge is -2.28. The maximum Gasteiger partial charge on any atom is 0.186 e. The molecule has 0 aliphatic rings. The highest BCUT2D eigenvalue weighted by Gasteiger charge is 2.25. The van der Waals surface area contributed by atoms with Crippen molar-refractivity contribution < 1.29 is 0 Å². The maximum atomic E-state index is 5.85. The summed E-state index contributed by atoms with van der Waals surface area (Å²) in [5.41, 5.74) is 15.9. The summed E-state index contributed by atoms with van der Waals surface area (Å²) in [4.78, 5) is 4.09. The largest absolute Gasteiger partial charge is 0.370 e. The minimum atomic E-state index is -0.281. The Labute approximate surface area is 74.2 Å². The first-order valence-electron chi connectivity index (χ1n) is 4.02. The van der Waals surface area contributed by atoms with E-state index in [1.807, 2.05) is 27.7 Å². The topological polar surface area (TPSA) is 90.4 Å². The van der Waals surface area contributed by atoms with Crippen molar-refractivity contribution in [3.8, 4) is 0 Å². The first-order valence-corrected chi connectivity index (χ1v) is 4.02. The summed E-state index contributed by atoms with van der Waals surface area (Å²) in [6.45, 7) is 7.83. The van der Waals surface area contributed by atoms with E-state index < -0.39 is 0 Å². The molecule has 0 saturated heterocycles. The van der Waals surface area contributed by atoms with E-state index in [1.54, 1.807) is 0 Å².